The fraction of sp³-hybridized carbons (Fsp3) is 0.600. The first kappa shape index (κ1) is 14.6. The summed E-state index contributed by atoms with van der Waals surface area (Å²) < 4.78 is 10.6. The summed E-state index contributed by atoms with van der Waals surface area (Å²) >= 11 is 0. The smallest absolute Gasteiger partial charge is 0.231 e. The first-order chi connectivity index (χ1) is 10.2. The zero-order chi connectivity index (χ0) is 14.8. The van der Waals surface area contributed by atoms with Gasteiger partial charge in [0.25, 0.3) is 0 Å². The van der Waals surface area contributed by atoms with Gasteiger partial charge in [-0.3, -0.25) is 4.90 Å². The minimum Gasteiger partial charge on any atom is -0.454 e. The molecule has 6 nitrogen and oxygen atoms in total. The molecule has 116 valence electrons. The second kappa shape index (κ2) is 6.19. The second-order valence-electron chi connectivity index (χ2n) is 5.64. The van der Waals surface area contributed by atoms with Crippen molar-refractivity contribution in [3.8, 4) is 11.5 Å². The Hall–Kier alpha value is -1.34. The van der Waals surface area contributed by atoms with Crippen LogP contribution in [0.15, 0.2) is 18.2 Å². The van der Waals surface area contributed by atoms with Crippen LogP contribution >= 0.6 is 0 Å². The van der Waals surface area contributed by atoms with Gasteiger partial charge in [0, 0.05) is 19.1 Å². The molecular weight excluding hydrogens is 274 g/mol. The number of ether oxygens (including phenoxy) is 2. The minimum atomic E-state index is -0.746. The molecule has 1 aromatic rings. The number of aliphatic hydroxyl groups excluding tert-OH is 3. The number of β-amino-alcohol motifs (C(OH)–C–C–N with tert-alkyl or cyclic N) is 1. The quantitative estimate of drug-likeness (QED) is 0.710. The van der Waals surface area contributed by atoms with E-state index >= 15 is 0 Å². The van der Waals surface area contributed by atoms with Gasteiger partial charge in [0.1, 0.15) is 0 Å². The predicted octanol–water partition coefficient (Wildman–Crippen LogP) is -0.254. The molecule has 1 fully saturated rings. The van der Waals surface area contributed by atoms with Crippen molar-refractivity contribution in [1.29, 1.82) is 0 Å². The summed E-state index contributed by atoms with van der Waals surface area (Å²) in [6.07, 6.45) is -0.303. The first-order valence-corrected chi connectivity index (χ1v) is 7.27. The molecule has 3 rings (SSSR count). The van der Waals surface area contributed by atoms with E-state index in [0.717, 1.165) is 23.5 Å². The van der Waals surface area contributed by atoms with E-state index in [0.29, 0.717) is 19.5 Å². The van der Waals surface area contributed by atoms with Crippen molar-refractivity contribution in [2.75, 3.05) is 26.5 Å². The standard InChI is InChI=1S/C15H21NO5/c17-8-11-6-12(18)13(19)7-16(11)4-3-10-1-2-14-15(5-10)21-9-20-14/h1-2,5,11-13,17-19H,3-4,6-9H2/t11-,12?,13+/m1/s1. The van der Waals surface area contributed by atoms with E-state index in [4.69, 9.17) is 9.47 Å². The Labute approximate surface area is 123 Å². The van der Waals surface area contributed by atoms with Crippen LogP contribution in [0.4, 0.5) is 0 Å². The van der Waals surface area contributed by atoms with Gasteiger partial charge in [-0.1, -0.05) is 6.07 Å². The number of piperidine rings is 1. The van der Waals surface area contributed by atoms with E-state index in [1.165, 1.54) is 0 Å². The Morgan fingerprint density at radius 2 is 1.95 bits per heavy atom. The number of nitrogens with zero attached hydrogens (tertiary/aromatic N) is 1. The zero-order valence-electron chi connectivity index (χ0n) is 11.8. The van der Waals surface area contributed by atoms with Gasteiger partial charge in [0.2, 0.25) is 6.79 Å². The van der Waals surface area contributed by atoms with Gasteiger partial charge in [-0.15, -0.1) is 0 Å². The number of hydrogen-bond acceptors (Lipinski definition) is 6. The van der Waals surface area contributed by atoms with Crippen LogP contribution in [0.25, 0.3) is 0 Å². The van der Waals surface area contributed by atoms with Crippen molar-refractivity contribution in [2.24, 2.45) is 0 Å². The third-order valence-electron chi connectivity index (χ3n) is 4.23. The molecule has 0 saturated carbocycles. The van der Waals surface area contributed by atoms with E-state index < -0.39 is 12.2 Å². The highest BCUT2D eigenvalue weighted by atomic mass is 16.7. The van der Waals surface area contributed by atoms with Crippen LogP contribution in [-0.4, -0.2) is 65.0 Å². The molecule has 6 heteroatoms. The largest absolute Gasteiger partial charge is 0.454 e. The molecule has 2 heterocycles. The Balaban J connectivity index is 1.61. The van der Waals surface area contributed by atoms with Crippen LogP contribution in [0.3, 0.4) is 0 Å². The molecule has 0 amide bonds. The van der Waals surface area contributed by atoms with Gasteiger partial charge in [0.05, 0.1) is 18.8 Å². The van der Waals surface area contributed by atoms with Gasteiger partial charge < -0.3 is 24.8 Å². The summed E-state index contributed by atoms with van der Waals surface area (Å²) in [5.41, 5.74) is 1.12. The van der Waals surface area contributed by atoms with Crippen LogP contribution in [0.1, 0.15) is 12.0 Å². The Morgan fingerprint density at radius 3 is 2.76 bits per heavy atom. The highest BCUT2D eigenvalue weighted by molar-refractivity contribution is 5.44. The second-order valence-corrected chi connectivity index (χ2v) is 5.64. The van der Waals surface area contributed by atoms with Gasteiger partial charge in [-0.2, -0.15) is 0 Å². The van der Waals surface area contributed by atoms with Gasteiger partial charge in [-0.05, 0) is 30.5 Å². The van der Waals surface area contributed by atoms with Crippen molar-refractivity contribution in [2.45, 2.75) is 31.1 Å². The molecule has 2 aliphatic heterocycles. The monoisotopic (exact) mass is 295 g/mol. The van der Waals surface area contributed by atoms with Crippen LogP contribution in [-0.2, 0) is 6.42 Å². The average molecular weight is 295 g/mol. The van der Waals surface area contributed by atoms with Crippen molar-refractivity contribution >= 4 is 0 Å². The maximum absolute atomic E-state index is 9.78. The molecular formula is C15H21NO5. The highest BCUT2D eigenvalue weighted by Crippen LogP contribution is 2.32. The third-order valence-corrected chi connectivity index (χ3v) is 4.23. The lowest BCUT2D eigenvalue weighted by atomic mass is 9.97. The molecule has 21 heavy (non-hydrogen) atoms. The number of aliphatic hydroxyl groups is 3. The lowest BCUT2D eigenvalue weighted by molar-refractivity contribution is -0.0703. The fourth-order valence-electron chi connectivity index (χ4n) is 2.93. The highest BCUT2D eigenvalue weighted by Gasteiger charge is 2.32. The molecule has 0 bridgehead atoms. The summed E-state index contributed by atoms with van der Waals surface area (Å²) in [4.78, 5) is 2.03. The average Bonchev–Trinajstić information content (AvgIpc) is 2.95. The number of fused-ring (bicyclic) bond motifs is 1. The van der Waals surface area contributed by atoms with E-state index in [1.807, 2.05) is 23.1 Å². The van der Waals surface area contributed by atoms with Gasteiger partial charge >= 0.3 is 0 Å². The molecule has 3 atom stereocenters. The van der Waals surface area contributed by atoms with Crippen molar-refractivity contribution < 1.29 is 24.8 Å². The maximum atomic E-state index is 9.78. The zero-order valence-corrected chi connectivity index (χ0v) is 11.8. The number of hydrogen-bond donors (Lipinski definition) is 3. The van der Waals surface area contributed by atoms with E-state index in [-0.39, 0.29) is 19.4 Å². The Bertz CT molecular complexity index is 495. The van der Waals surface area contributed by atoms with Crippen LogP contribution < -0.4 is 9.47 Å². The maximum Gasteiger partial charge on any atom is 0.231 e. The number of rotatable bonds is 4. The molecule has 0 radical (unpaired) electrons. The van der Waals surface area contributed by atoms with Crippen molar-refractivity contribution in [3.05, 3.63) is 23.8 Å². The molecule has 1 unspecified atom stereocenters. The lowest BCUT2D eigenvalue weighted by Crippen LogP contribution is -2.54. The van der Waals surface area contributed by atoms with Crippen LogP contribution in [0, 0.1) is 0 Å². The summed E-state index contributed by atoms with van der Waals surface area (Å²) in [5.74, 6) is 1.53. The molecule has 0 spiro atoms. The molecule has 3 N–H and O–H groups in total. The molecule has 0 aromatic heterocycles. The fourth-order valence-corrected chi connectivity index (χ4v) is 2.93. The van der Waals surface area contributed by atoms with E-state index in [1.54, 1.807) is 0 Å². The predicted molar refractivity (Wildman–Crippen MR) is 75.3 cm³/mol. The van der Waals surface area contributed by atoms with Crippen molar-refractivity contribution in [1.82, 2.24) is 4.90 Å². The van der Waals surface area contributed by atoms with Crippen molar-refractivity contribution in [3.63, 3.8) is 0 Å². The van der Waals surface area contributed by atoms with Crippen LogP contribution in [0.5, 0.6) is 11.5 Å². The summed E-state index contributed by atoms with van der Waals surface area (Å²) in [7, 11) is 0. The Morgan fingerprint density at radius 1 is 1.14 bits per heavy atom. The lowest BCUT2D eigenvalue weighted by Gasteiger charge is -2.39. The summed E-state index contributed by atoms with van der Waals surface area (Å²) in [6, 6.07) is 5.76. The van der Waals surface area contributed by atoms with E-state index in [9.17, 15) is 15.3 Å². The molecule has 0 aliphatic carbocycles. The molecule has 1 aromatic carbocycles. The van der Waals surface area contributed by atoms with Gasteiger partial charge in [0.15, 0.2) is 11.5 Å². The minimum absolute atomic E-state index is 0.00901. The Kier molecular flexibility index (Phi) is 4.30. The summed E-state index contributed by atoms with van der Waals surface area (Å²) in [6.45, 7) is 1.36. The first-order valence-electron chi connectivity index (χ1n) is 7.27. The van der Waals surface area contributed by atoms with E-state index in [2.05, 4.69) is 0 Å². The number of benzene rings is 1. The summed E-state index contributed by atoms with van der Waals surface area (Å²) in [5, 5.41) is 28.9. The topological polar surface area (TPSA) is 82.4 Å². The third kappa shape index (κ3) is 3.13. The normalized spacial score (nSPS) is 28.8. The van der Waals surface area contributed by atoms with Gasteiger partial charge in [-0.25, -0.2) is 0 Å². The van der Waals surface area contributed by atoms with Crippen LogP contribution in [0.2, 0.25) is 0 Å². The number of likely N-dealkylation sites (tertiary alicyclic amines) is 1. The SMILES string of the molecule is OC[C@H]1CC(O)[C@@H](O)CN1CCc1ccc2c(c1)OCO2. The molecule has 1 saturated heterocycles. The molecule has 2 aliphatic rings.